The Balaban J connectivity index is 1.23. The molecule has 1 aromatic heterocycles. The molecule has 5 rings (SSSR count). The van der Waals surface area contributed by atoms with Crippen molar-refractivity contribution in [2.45, 2.75) is 42.8 Å². The van der Waals surface area contributed by atoms with Gasteiger partial charge in [-0.2, -0.15) is 4.39 Å². The van der Waals surface area contributed by atoms with Gasteiger partial charge < -0.3 is 14.4 Å². The maximum absolute atomic E-state index is 14.9. The Morgan fingerprint density at radius 1 is 1.19 bits per heavy atom. The number of hydrogen-bond acceptors (Lipinski definition) is 7. The van der Waals surface area contributed by atoms with E-state index in [1.807, 2.05) is 0 Å². The summed E-state index contributed by atoms with van der Waals surface area (Å²) in [6, 6.07) is 8.87. The van der Waals surface area contributed by atoms with E-state index in [0.29, 0.717) is 28.7 Å². The minimum atomic E-state index is -4.24. The molecule has 1 fully saturated rings. The lowest BCUT2D eigenvalue weighted by Crippen LogP contribution is -2.43. The molecular weight excluding hydrogens is 512 g/mol. The number of ether oxygens (including phenoxy) is 2. The number of aromatic nitrogens is 2. The molecule has 0 spiro atoms. The highest BCUT2D eigenvalue weighted by Crippen LogP contribution is 2.44. The molecule has 0 radical (unpaired) electrons. The van der Waals surface area contributed by atoms with Gasteiger partial charge >= 0.3 is 5.19 Å². The summed E-state index contributed by atoms with van der Waals surface area (Å²) in [5.74, 6) is 0.373. The van der Waals surface area contributed by atoms with Crippen molar-refractivity contribution in [3.05, 3.63) is 59.6 Å². The molecule has 3 heterocycles. The third kappa shape index (κ3) is 4.48. The molecule has 0 unspecified atom stereocenters. The molecule has 0 amide bonds. The average Bonchev–Trinajstić information content (AvgIpc) is 3.02. The molecule has 11 heteroatoms. The summed E-state index contributed by atoms with van der Waals surface area (Å²) < 4.78 is 64.3. The first-order chi connectivity index (χ1) is 17.0. The van der Waals surface area contributed by atoms with E-state index in [1.54, 1.807) is 18.5 Å². The maximum Gasteiger partial charge on any atom is 0.351 e. The smallest absolute Gasteiger partial charge is 0.351 e. The van der Waals surface area contributed by atoms with Gasteiger partial charge in [0.05, 0.1) is 24.0 Å². The first kappa shape index (κ1) is 24.7. The summed E-state index contributed by atoms with van der Waals surface area (Å²) >= 11 is 5.88. The van der Waals surface area contributed by atoms with Crippen LogP contribution in [0.4, 0.5) is 14.7 Å². The van der Waals surface area contributed by atoms with Crippen LogP contribution in [0.3, 0.4) is 0 Å². The molecule has 7 nitrogen and oxygen atoms in total. The number of hydrogen-bond donors (Lipinski definition) is 0. The normalized spacial score (nSPS) is 24.8. The van der Waals surface area contributed by atoms with Crippen molar-refractivity contribution >= 4 is 27.4 Å². The summed E-state index contributed by atoms with van der Waals surface area (Å²) in [6.45, 7) is 4.07. The Labute approximate surface area is 213 Å². The lowest BCUT2D eigenvalue weighted by Gasteiger charge is -2.37. The lowest BCUT2D eigenvalue weighted by molar-refractivity contribution is 0.0464. The molecule has 0 aliphatic carbocycles. The minimum absolute atomic E-state index is 0.0947. The number of anilines is 1. The van der Waals surface area contributed by atoms with Gasteiger partial charge in [0.25, 0.3) is 9.84 Å². The van der Waals surface area contributed by atoms with Gasteiger partial charge in [-0.1, -0.05) is 23.7 Å². The molecule has 1 saturated heterocycles. The molecule has 2 aromatic carbocycles. The fourth-order valence-corrected chi connectivity index (χ4v) is 5.92. The quantitative estimate of drug-likeness (QED) is 0.431. The topological polar surface area (TPSA) is 81.6 Å². The number of halogens is 3. The number of piperidine rings is 1. The van der Waals surface area contributed by atoms with E-state index in [9.17, 15) is 17.2 Å². The number of fused-ring (bicyclic) bond motifs is 1. The first-order valence-corrected chi connectivity index (χ1v) is 13.3. The highest BCUT2D eigenvalue weighted by Gasteiger charge is 2.51. The van der Waals surface area contributed by atoms with E-state index in [-0.39, 0.29) is 28.4 Å². The Kier molecular flexibility index (Phi) is 6.28. The first-order valence-electron chi connectivity index (χ1n) is 11.5. The molecule has 36 heavy (non-hydrogen) atoms. The zero-order valence-electron chi connectivity index (χ0n) is 19.6. The fourth-order valence-electron chi connectivity index (χ4n) is 4.61. The van der Waals surface area contributed by atoms with E-state index in [2.05, 4.69) is 21.8 Å². The summed E-state index contributed by atoms with van der Waals surface area (Å²) in [5.41, 5.74) is 0.985. The van der Waals surface area contributed by atoms with E-state index in [4.69, 9.17) is 21.1 Å². The SMILES string of the molecule is C[C@H]1C[C@H](COc2ccc(-c3ccc4c(c3)O[C@@](C)(F)S4(=O)=O)cc2F)CCN1c1ncc(Cl)cn1. The molecule has 0 bridgehead atoms. The molecule has 3 aromatic rings. The molecule has 190 valence electrons. The summed E-state index contributed by atoms with van der Waals surface area (Å²) in [6.07, 6.45) is 4.85. The van der Waals surface area contributed by atoms with Crippen LogP contribution in [0.1, 0.15) is 26.7 Å². The largest absolute Gasteiger partial charge is 0.490 e. The van der Waals surface area contributed by atoms with E-state index in [0.717, 1.165) is 26.3 Å². The number of sulfone groups is 1. The number of benzene rings is 2. The van der Waals surface area contributed by atoms with E-state index >= 15 is 0 Å². The molecule has 0 N–H and O–H groups in total. The predicted molar refractivity (Wildman–Crippen MR) is 131 cm³/mol. The van der Waals surface area contributed by atoms with E-state index < -0.39 is 20.8 Å². The average molecular weight is 536 g/mol. The Morgan fingerprint density at radius 3 is 2.58 bits per heavy atom. The van der Waals surface area contributed by atoms with Crippen LogP contribution < -0.4 is 14.4 Å². The van der Waals surface area contributed by atoms with Gasteiger partial charge in [-0.05, 0) is 61.1 Å². The Morgan fingerprint density at radius 2 is 1.89 bits per heavy atom. The van der Waals surface area contributed by atoms with Gasteiger partial charge in [-0.3, -0.25) is 0 Å². The van der Waals surface area contributed by atoms with Crippen LogP contribution in [0.2, 0.25) is 5.02 Å². The van der Waals surface area contributed by atoms with Crippen molar-refractivity contribution in [1.29, 1.82) is 0 Å². The maximum atomic E-state index is 14.9. The van der Waals surface area contributed by atoms with Crippen LogP contribution in [-0.2, 0) is 9.84 Å². The second-order valence-corrected chi connectivity index (χ2v) is 11.8. The van der Waals surface area contributed by atoms with Crippen molar-refractivity contribution in [2.24, 2.45) is 5.92 Å². The van der Waals surface area contributed by atoms with Gasteiger partial charge in [-0.15, -0.1) is 0 Å². The van der Waals surface area contributed by atoms with Gasteiger partial charge in [0.15, 0.2) is 11.6 Å². The number of alkyl halides is 1. The minimum Gasteiger partial charge on any atom is -0.490 e. The Hall–Kier alpha value is -2.98. The lowest BCUT2D eigenvalue weighted by atomic mass is 9.92. The third-order valence-corrected chi connectivity index (χ3v) is 8.75. The zero-order chi connectivity index (χ0) is 25.7. The highest BCUT2D eigenvalue weighted by atomic mass is 35.5. The van der Waals surface area contributed by atoms with Crippen molar-refractivity contribution in [3.63, 3.8) is 0 Å². The van der Waals surface area contributed by atoms with Crippen molar-refractivity contribution in [2.75, 3.05) is 18.1 Å². The van der Waals surface area contributed by atoms with Gasteiger partial charge in [-0.25, -0.2) is 22.8 Å². The molecule has 0 saturated carbocycles. The van der Waals surface area contributed by atoms with Crippen LogP contribution in [0.25, 0.3) is 11.1 Å². The van der Waals surface area contributed by atoms with Gasteiger partial charge in [0.2, 0.25) is 5.95 Å². The van der Waals surface area contributed by atoms with Gasteiger partial charge in [0, 0.05) is 19.5 Å². The molecule has 3 atom stereocenters. The van der Waals surface area contributed by atoms with Crippen LogP contribution in [0.15, 0.2) is 53.7 Å². The third-order valence-electron chi connectivity index (χ3n) is 6.59. The zero-order valence-corrected chi connectivity index (χ0v) is 21.2. The summed E-state index contributed by atoms with van der Waals surface area (Å²) in [5, 5.41) is -2.34. The predicted octanol–water partition coefficient (Wildman–Crippen LogP) is 5.43. The highest BCUT2D eigenvalue weighted by molar-refractivity contribution is 7.92. The number of nitrogens with zero attached hydrogens (tertiary/aromatic N) is 3. The van der Waals surface area contributed by atoms with Crippen LogP contribution >= 0.6 is 11.6 Å². The van der Waals surface area contributed by atoms with Crippen LogP contribution in [0.5, 0.6) is 11.5 Å². The second kappa shape index (κ2) is 9.15. The van der Waals surface area contributed by atoms with Crippen molar-refractivity contribution in [1.82, 2.24) is 9.97 Å². The molecule has 2 aliphatic heterocycles. The summed E-state index contributed by atoms with van der Waals surface area (Å²) in [7, 11) is -4.24. The fraction of sp³-hybridized carbons (Fsp3) is 0.360. The molecular formula is C25H24ClF2N3O4S. The van der Waals surface area contributed by atoms with Crippen molar-refractivity contribution in [3.8, 4) is 22.6 Å². The van der Waals surface area contributed by atoms with E-state index in [1.165, 1.54) is 30.3 Å². The molecule has 2 aliphatic rings. The second-order valence-electron chi connectivity index (χ2n) is 9.19. The van der Waals surface area contributed by atoms with Crippen LogP contribution in [-0.4, -0.2) is 42.8 Å². The van der Waals surface area contributed by atoms with Crippen molar-refractivity contribution < 1.29 is 26.7 Å². The summed E-state index contributed by atoms with van der Waals surface area (Å²) in [4.78, 5) is 10.5. The number of rotatable bonds is 5. The Bertz CT molecular complexity index is 1400. The van der Waals surface area contributed by atoms with Crippen LogP contribution in [0, 0.1) is 11.7 Å². The standard InChI is InChI=1S/C25H24ClF2N3O4S/c1-15-9-16(7-8-31(15)24-29-12-19(26)13-30-24)14-34-21-5-3-17(10-20(21)27)18-4-6-23-22(11-18)35-25(2,28)36(23,32)33/h3-6,10-13,15-16H,7-9,14H2,1-2H3/t15-,16+,25+/m0/s1. The van der Waals surface area contributed by atoms with Gasteiger partial charge in [0.1, 0.15) is 10.6 Å². The monoisotopic (exact) mass is 535 g/mol.